The van der Waals surface area contributed by atoms with Crippen LogP contribution in [0.2, 0.25) is 0 Å². The summed E-state index contributed by atoms with van der Waals surface area (Å²) in [4.78, 5) is 11.1. The van der Waals surface area contributed by atoms with Gasteiger partial charge in [0.1, 0.15) is 5.82 Å². The number of nitrogens with one attached hydrogen (secondary N) is 1. The second-order valence-electron chi connectivity index (χ2n) is 5.28. The minimum atomic E-state index is -3.46. The van der Waals surface area contributed by atoms with Crippen LogP contribution in [0.4, 0.5) is 4.39 Å². The summed E-state index contributed by atoms with van der Waals surface area (Å²) in [6.07, 6.45) is 1.50. The Morgan fingerprint density at radius 3 is 2.67 bits per heavy atom. The molecule has 1 atom stereocenters. The van der Waals surface area contributed by atoms with Crippen LogP contribution >= 0.6 is 0 Å². The quantitative estimate of drug-likeness (QED) is 0.910. The number of amides is 1. The molecule has 0 bridgehead atoms. The van der Waals surface area contributed by atoms with E-state index in [2.05, 4.69) is 5.32 Å². The summed E-state index contributed by atoms with van der Waals surface area (Å²) >= 11 is 0. The van der Waals surface area contributed by atoms with Crippen LogP contribution in [0.15, 0.2) is 24.3 Å². The van der Waals surface area contributed by atoms with Crippen molar-refractivity contribution in [2.24, 2.45) is 0 Å². The summed E-state index contributed by atoms with van der Waals surface area (Å²) in [5.41, 5.74) is 0.554. The number of halogens is 1. The Bertz CT molecular complexity index is 601. The maximum absolute atomic E-state index is 12.8. The number of sulfonamides is 1. The lowest BCUT2D eigenvalue weighted by molar-refractivity contribution is -0.119. The second-order valence-corrected chi connectivity index (χ2v) is 7.25. The fourth-order valence-electron chi connectivity index (χ4n) is 2.48. The fraction of sp³-hybridized carbons (Fsp3) is 0.500. The molecular formula is C14H19FN2O3S. The van der Waals surface area contributed by atoms with E-state index in [1.165, 1.54) is 35.5 Å². The summed E-state index contributed by atoms with van der Waals surface area (Å²) in [7, 11) is -3.46. The summed E-state index contributed by atoms with van der Waals surface area (Å²) in [5, 5.41) is 2.76. The van der Waals surface area contributed by atoms with Crippen LogP contribution in [0.3, 0.4) is 0 Å². The number of benzene rings is 1. The highest BCUT2D eigenvalue weighted by atomic mass is 32.2. The van der Waals surface area contributed by atoms with Crippen LogP contribution in [0, 0.1) is 5.82 Å². The molecule has 1 aliphatic heterocycles. The van der Waals surface area contributed by atoms with Crippen LogP contribution in [0.5, 0.6) is 0 Å². The average Bonchev–Trinajstić information content (AvgIpc) is 2.41. The Balaban J connectivity index is 2.04. The van der Waals surface area contributed by atoms with E-state index in [1.807, 2.05) is 0 Å². The Morgan fingerprint density at radius 1 is 1.38 bits per heavy atom. The monoisotopic (exact) mass is 314 g/mol. The highest BCUT2D eigenvalue weighted by Crippen LogP contribution is 2.18. The molecule has 0 unspecified atom stereocenters. The Labute approximate surface area is 124 Å². The van der Waals surface area contributed by atoms with E-state index in [4.69, 9.17) is 0 Å². The first-order chi connectivity index (χ1) is 9.87. The van der Waals surface area contributed by atoms with Gasteiger partial charge in [0, 0.05) is 26.1 Å². The van der Waals surface area contributed by atoms with E-state index in [0.717, 1.165) is 6.42 Å². The van der Waals surface area contributed by atoms with E-state index in [0.29, 0.717) is 25.1 Å². The molecule has 7 heteroatoms. The molecular weight excluding hydrogens is 295 g/mol. The van der Waals surface area contributed by atoms with Gasteiger partial charge in [0.05, 0.1) is 5.75 Å². The van der Waals surface area contributed by atoms with Crippen molar-refractivity contribution in [3.05, 3.63) is 35.6 Å². The first-order valence-electron chi connectivity index (χ1n) is 6.86. The van der Waals surface area contributed by atoms with Crippen LogP contribution < -0.4 is 5.32 Å². The van der Waals surface area contributed by atoms with Gasteiger partial charge < -0.3 is 5.32 Å². The molecule has 0 aromatic heterocycles. The smallest absolute Gasteiger partial charge is 0.218 e. The summed E-state index contributed by atoms with van der Waals surface area (Å²) in [6.45, 7) is 2.18. The second kappa shape index (κ2) is 6.53. The number of hydrogen-bond donors (Lipinski definition) is 1. The van der Waals surface area contributed by atoms with E-state index in [-0.39, 0.29) is 23.5 Å². The van der Waals surface area contributed by atoms with Crippen LogP contribution in [0.1, 0.15) is 25.3 Å². The van der Waals surface area contributed by atoms with Gasteiger partial charge in [-0.05, 0) is 30.5 Å². The van der Waals surface area contributed by atoms with Gasteiger partial charge in [-0.15, -0.1) is 0 Å². The molecule has 116 valence electrons. The lowest BCUT2D eigenvalue weighted by Crippen LogP contribution is -2.49. The van der Waals surface area contributed by atoms with Crippen molar-refractivity contribution in [2.75, 3.05) is 13.1 Å². The van der Waals surface area contributed by atoms with Crippen LogP contribution in [-0.4, -0.2) is 37.8 Å². The standard InChI is InChI=1S/C14H19FN2O3S/c1-11(18)16-14-3-2-8-17(9-14)21(19,20)10-12-4-6-13(15)7-5-12/h4-7,14H,2-3,8-10H2,1H3,(H,16,18)/t14-/m0/s1. The van der Waals surface area contributed by atoms with Gasteiger partial charge >= 0.3 is 0 Å². The van der Waals surface area contributed by atoms with Crippen molar-refractivity contribution in [3.63, 3.8) is 0 Å². The van der Waals surface area contributed by atoms with E-state index in [9.17, 15) is 17.6 Å². The molecule has 1 aromatic rings. The first kappa shape index (κ1) is 15.9. The van der Waals surface area contributed by atoms with Crippen molar-refractivity contribution in [3.8, 4) is 0 Å². The highest BCUT2D eigenvalue weighted by molar-refractivity contribution is 7.88. The van der Waals surface area contributed by atoms with Crippen molar-refractivity contribution in [1.29, 1.82) is 0 Å². The summed E-state index contributed by atoms with van der Waals surface area (Å²) in [6, 6.07) is 5.31. The van der Waals surface area contributed by atoms with E-state index in [1.54, 1.807) is 0 Å². The molecule has 0 spiro atoms. The molecule has 1 N–H and O–H groups in total. The zero-order valence-corrected chi connectivity index (χ0v) is 12.7. The predicted octanol–water partition coefficient (Wildman–Crippen LogP) is 1.26. The number of rotatable bonds is 4. The molecule has 0 saturated carbocycles. The zero-order valence-electron chi connectivity index (χ0n) is 11.9. The number of carbonyl (C=O) groups excluding carboxylic acids is 1. The molecule has 0 aliphatic carbocycles. The minimum absolute atomic E-state index is 0.140. The predicted molar refractivity (Wildman–Crippen MR) is 77.4 cm³/mol. The Morgan fingerprint density at radius 2 is 2.05 bits per heavy atom. The maximum atomic E-state index is 12.8. The number of carbonyl (C=O) groups is 1. The van der Waals surface area contributed by atoms with E-state index >= 15 is 0 Å². The third-order valence-electron chi connectivity index (χ3n) is 3.45. The average molecular weight is 314 g/mol. The molecule has 1 aromatic carbocycles. The third kappa shape index (κ3) is 4.50. The van der Waals surface area contributed by atoms with Gasteiger partial charge in [-0.2, -0.15) is 4.31 Å². The Hall–Kier alpha value is -1.47. The lowest BCUT2D eigenvalue weighted by atomic mass is 10.1. The molecule has 1 heterocycles. The van der Waals surface area contributed by atoms with Crippen molar-refractivity contribution in [1.82, 2.24) is 9.62 Å². The van der Waals surface area contributed by atoms with Crippen LogP contribution in [0.25, 0.3) is 0 Å². The van der Waals surface area contributed by atoms with Crippen molar-refractivity contribution in [2.45, 2.75) is 31.6 Å². The van der Waals surface area contributed by atoms with Gasteiger partial charge in [-0.3, -0.25) is 4.79 Å². The zero-order chi connectivity index (χ0) is 15.5. The topological polar surface area (TPSA) is 66.5 Å². The SMILES string of the molecule is CC(=O)N[C@H]1CCCN(S(=O)(=O)Cc2ccc(F)cc2)C1. The maximum Gasteiger partial charge on any atom is 0.218 e. The number of piperidine rings is 1. The molecule has 1 amide bonds. The number of nitrogens with zero attached hydrogens (tertiary/aromatic N) is 1. The largest absolute Gasteiger partial charge is 0.352 e. The Kier molecular flexibility index (Phi) is 4.95. The molecule has 0 radical (unpaired) electrons. The van der Waals surface area contributed by atoms with Crippen molar-refractivity contribution < 1.29 is 17.6 Å². The van der Waals surface area contributed by atoms with E-state index < -0.39 is 10.0 Å². The first-order valence-corrected chi connectivity index (χ1v) is 8.47. The van der Waals surface area contributed by atoms with Gasteiger partial charge in [0.15, 0.2) is 0 Å². The van der Waals surface area contributed by atoms with Gasteiger partial charge in [0.25, 0.3) is 0 Å². The molecule has 5 nitrogen and oxygen atoms in total. The van der Waals surface area contributed by atoms with Gasteiger partial charge in [-0.1, -0.05) is 12.1 Å². The van der Waals surface area contributed by atoms with Gasteiger partial charge in [0.2, 0.25) is 15.9 Å². The fourth-order valence-corrected chi connectivity index (χ4v) is 4.09. The van der Waals surface area contributed by atoms with Gasteiger partial charge in [-0.25, -0.2) is 12.8 Å². The third-order valence-corrected chi connectivity index (χ3v) is 5.26. The molecule has 1 fully saturated rings. The minimum Gasteiger partial charge on any atom is -0.352 e. The molecule has 1 aliphatic rings. The molecule has 21 heavy (non-hydrogen) atoms. The van der Waals surface area contributed by atoms with Crippen LogP contribution in [-0.2, 0) is 20.6 Å². The highest BCUT2D eigenvalue weighted by Gasteiger charge is 2.29. The summed E-state index contributed by atoms with van der Waals surface area (Å²) in [5.74, 6) is -0.697. The normalized spacial score (nSPS) is 20.2. The lowest BCUT2D eigenvalue weighted by Gasteiger charge is -2.32. The molecule has 2 rings (SSSR count). The summed E-state index contributed by atoms with van der Waals surface area (Å²) < 4.78 is 39.0. The number of hydrogen-bond acceptors (Lipinski definition) is 3. The van der Waals surface area contributed by atoms with Crippen molar-refractivity contribution >= 4 is 15.9 Å². The molecule has 1 saturated heterocycles.